The number of primary amides is 1. The molecule has 2 rings (SSSR count). The summed E-state index contributed by atoms with van der Waals surface area (Å²) in [6, 6.07) is 7.17. The van der Waals surface area contributed by atoms with Crippen molar-refractivity contribution < 1.29 is 9.59 Å². The second-order valence-electron chi connectivity index (χ2n) is 5.53. The summed E-state index contributed by atoms with van der Waals surface area (Å²) in [7, 11) is 1.80. The summed E-state index contributed by atoms with van der Waals surface area (Å²) in [6.07, 6.45) is 2.59. The van der Waals surface area contributed by atoms with Gasteiger partial charge in [0.2, 0.25) is 11.8 Å². The Balaban J connectivity index is 1.95. The van der Waals surface area contributed by atoms with Gasteiger partial charge in [-0.25, -0.2) is 0 Å². The number of carbonyl (C=O) groups is 2. The normalized spacial score (nSPS) is 21.7. The van der Waals surface area contributed by atoms with E-state index in [1.807, 2.05) is 12.1 Å². The monoisotopic (exact) mass is 275 g/mol. The first-order valence-corrected chi connectivity index (χ1v) is 6.86. The van der Waals surface area contributed by atoms with Crippen LogP contribution in [-0.4, -0.2) is 29.8 Å². The van der Waals surface area contributed by atoms with Crippen molar-refractivity contribution in [2.24, 2.45) is 17.4 Å². The third-order valence-corrected chi connectivity index (χ3v) is 3.86. The van der Waals surface area contributed by atoms with Crippen LogP contribution in [0.1, 0.15) is 35.2 Å². The number of benzene rings is 1. The smallest absolute Gasteiger partial charge is 0.248 e. The molecule has 0 spiro atoms. The van der Waals surface area contributed by atoms with E-state index in [9.17, 15) is 9.59 Å². The lowest BCUT2D eigenvalue weighted by atomic mass is 10.1. The lowest BCUT2D eigenvalue weighted by Gasteiger charge is -2.21. The van der Waals surface area contributed by atoms with Gasteiger partial charge in [-0.15, -0.1) is 0 Å². The third kappa shape index (κ3) is 3.36. The fourth-order valence-electron chi connectivity index (χ4n) is 2.68. The Hall–Kier alpha value is -1.88. The summed E-state index contributed by atoms with van der Waals surface area (Å²) in [4.78, 5) is 25.0. The predicted molar refractivity (Wildman–Crippen MR) is 76.8 cm³/mol. The molecule has 108 valence electrons. The van der Waals surface area contributed by atoms with Gasteiger partial charge in [-0.1, -0.05) is 12.1 Å². The predicted octanol–water partition coefficient (Wildman–Crippen LogP) is 0.871. The molecule has 1 aromatic rings. The van der Waals surface area contributed by atoms with Crippen LogP contribution in [0.25, 0.3) is 0 Å². The van der Waals surface area contributed by atoms with Gasteiger partial charge in [-0.2, -0.15) is 0 Å². The average molecular weight is 275 g/mol. The summed E-state index contributed by atoms with van der Waals surface area (Å²) < 4.78 is 0. The molecule has 0 aliphatic heterocycles. The number of rotatable bonds is 4. The van der Waals surface area contributed by atoms with Gasteiger partial charge in [0.15, 0.2) is 0 Å². The minimum atomic E-state index is -0.444. The maximum Gasteiger partial charge on any atom is 0.248 e. The minimum Gasteiger partial charge on any atom is -0.366 e. The molecule has 1 aliphatic carbocycles. The Morgan fingerprint density at radius 2 is 1.90 bits per heavy atom. The molecule has 0 heterocycles. The van der Waals surface area contributed by atoms with Crippen LogP contribution in [-0.2, 0) is 11.3 Å². The zero-order valence-electron chi connectivity index (χ0n) is 11.7. The Labute approximate surface area is 118 Å². The standard InChI is InChI=1S/C15H21N3O2/c1-18(15(20)12-6-7-13(16)8-12)9-10-2-4-11(5-3-10)14(17)19/h2-5,12-13H,6-9,16H2,1H3,(H2,17,19). The first kappa shape index (κ1) is 14.5. The van der Waals surface area contributed by atoms with Crippen molar-refractivity contribution in [3.05, 3.63) is 35.4 Å². The Kier molecular flexibility index (Phi) is 4.39. The quantitative estimate of drug-likeness (QED) is 0.854. The minimum absolute atomic E-state index is 0.0555. The zero-order valence-corrected chi connectivity index (χ0v) is 11.7. The average Bonchev–Trinajstić information content (AvgIpc) is 2.85. The van der Waals surface area contributed by atoms with Crippen molar-refractivity contribution >= 4 is 11.8 Å². The molecule has 5 heteroatoms. The summed E-state index contributed by atoms with van der Waals surface area (Å²) >= 11 is 0. The number of carbonyl (C=O) groups excluding carboxylic acids is 2. The van der Waals surface area contributed by atoms with E-state index in [-0.39, 0.29) is 17.9 Å². The first-order valence-electron chi connectivity index (χ1n) is 6.86. The van der Waals surface area contributed by atoms with Crippen molar-refractivity contribution in [3.8, 4) is 0 Å². The van der Waals surface area contributed by atoms with Gasteiger partial charge >= 0.3 is 0 Å². The van der Waals surface area contributed by atoms with E-state index in [1.54, 1.807) is 24.1 Å². The maximum absolute atomic E-state index is 12.3. The van der Waals surface area contributed by atoms with Crippen molar-refractivity contribution in [3.63, 3.8) is 0 Å². The molecule has 20 heavy (non-hydrogen) atoms. The van der Waals surface area contributed by atoms with E-state index >= 15 is 0 Å². The maximum atomic E-state index is 12.3. The number of amides is 2. The van der Waals surface area contributed by atoms with E-state index in [0.717, 1.165) is 24.8 Å². The Bertz CT molecular complexity index is 498. The molecule has 2 unspecified atom stereocenters. The summed E-state index contributed by atoms with van der Waals surface area (Å²) in [5.74, 6) is -0.238. The fourth-order valence-corrected chi connectivity index (χ4v) is 2.68. The molecule has 0 radical (unpaired) electrons. The molecule has 1 fully saturated rings. The van der Waals surface area contributed by atoms with Crippen LogP contribution >= 0.6 is 0 Å². The molecule has 2 amide bonds. The number of hydrogen-bond acceptors (Lipinski definition) is 3. The van der Waals surface area contributed by atoms with Gasteiger partial charge < -0.3 is 16.4 Å². The van der Waals surface area contributed by atoms with Gasteiger partial charge in [0.25, 0.3) is 0 Å². The Morgan fingerprint density at radius 1 is 1.25 bits per heavy atom. The molecule has 0 bridgehead atoms. The van der Waals surface area contributed by atoms with Crippen molar-refractivity contribution in [2.45, 2.75) is 31.8 Å². The molecule has 5 nitrogen and oxygen atoms in total. The lowest BCUT2D eigenvalue weighted by Crippen LogP contribution is -2.32. The Morgan fingerprint density at radius 3 is 2.40 bits per heavy atom. The number of nitrogens with zero attached hydrogens (tertiary/aromatic N) is 1. The second-order valence-corrected chi connectivity index (χ2v) is 5.53. The largest absolute Gasteiger partial charge is 0.366 e. The van der Waals surface area contributed by atoms with E-state index in [1.165, 1.54) is 0 Å². The molecule has 0 saturated heterocycles. The highest BCUT2D eigenvalue weighted by Gasteiger charge is 2.29. The summed E-state index contributed by atoms with van der Waals surface area (Å²) in [5, 5.41) is 0. The highest BCUT2D eigenvalue weighted by atomic mass is 16.2. The van der Waals surface area contributed by atoms with Crippen LogP contribution in [0.2, 0.25) is 0 Å². The summed E-state index contributed by atoms with van der Waals surface area (Å²) in [5.41, 5.74) is 12.5. The SMILES string of the molecule is CN(Cc1ccc(C(N)=O)cc1)C(=O)C1CCC(N)C1. The van der Waals surface area contributed by atoms with Gasteiger partial charge in [0.1, 0.15) is 0 Å². The van der Waals surface area contributed by atoms with E-state index in [4.69, 9.17) is 11.5 Å². The van der Waals surface area contributed by atoms with E-state index in [0.29, 0.717) is 12.1 Å². The van der Waals surface area contributed by atoms with Crippen molar-refractivity contribution in [1.29, 1.82) is 0 Å². The van der Waals surface area contributed by atoms with Crippen LogP contribution in [0.15, 0.2) is 24.3 Å². The highest BCUT2D eigenvalue weighted by molar-refractivity contribution is 5.92. The van der Waals surface area contributed by atoms with Crippen LogP contribution < -0.4 is 11.5 Å². The van der Waals surface area contributed by atoms with Crippen LogP contribution in [0.3, 0.4) is 0 Å². The van der Waals surface area contributed by atoms with Crippen LogP contribution in [0.4, 0.5) is 0 Å². The van der Waals surface area contributed by atoms with Crippen molar-refractivity contribution in [2.75, 3.05) is 7.05 Å². The third-order valence-electron chi connectivity index (χ3n) is 3.86. The summed E-state index contributed by atoms with van der Waals surface area (Å²) in [6.45, 7) is 0.531. The molecular weight excluding hydrogens is 254 g/mol. The van der Waals surface area contributed by atoms with Gasteiger partial charge in [0.05, 0.1) is 0 Å². The molecule has 2 atom stereocenters. The van der Waals surface area contributed by atoms with Crippen LogP contribution in [0.5, 0.6) is 0 Å². The second kappa shape index (κ2) is 6.05. The molecule has 0 aromatic heterocycles. The number of hydrogen-bond donors (Lipinski definition) is 2. The topological polar surface area (TPSA) is 89.4 Å². The van der Waals surface area contributed by atoms with E-state index < -0.39 is 5.91 Å². The van der Waals surface area contributed by atoms with Crippen LogP contribution in [0, 0.1) is 5.92 Å². The van der Waals surface area contributed by atoms with Gasteiger partial charge in [0, 0.05) is 31.1 Å². The molecule has 1 aliphatic rings. The van der Waals surface area contributed by atoms with Crippen molar-refractivity contribution in [1.82, 2.24) is 4.90 Å². The molecule has 1 aromatic carbocycles. The van der Waals surface area contributed by atoms with E-state index in [2.05, 4.69) is 0 Å². The number of nitrogens with two attached hydrogens (primary N) is 2. The fraction of sp³-hybridized carbons (Fsp3) is 0.467. The molecule has 1 saturated carbocycles. The van der Waals surface area contributed by atoms with Gasteiger partial charge in [-0.05, 0) is 37.0 Å². The highest BCUT2D eigenvalue weighted by Crippen LogP contribution is 2.26. The molecular formula is C15H21N3O2. The van der Waals surface area contributed by atoms with Gasteiger partial charge in [-0.3, -0.25) is 9.59 Å². The zero-order chi connectivity index (χ0) is 14.7. The lowest BCUT2D eigenvalue weighted by molar-refractivity contribution is -0.134. The molecule has 4 N–H and O–H groups in total. The first-order chi connectivity index (χ1) is 9.47.